The van der Waals surface area contributed by atoms with Crippen molar-refractivity contribution < 1.29 is 4.79 Å². The average Bonchev–Trinajstić information content (AvgIpc) is 3.52. The summed E-state index contributed by atoms with van der Waals surface area (Å²) in [7, 11) is 2.08. The number of amides is 1. The fraction of sp³-hybridized carbons (Fsp3) is 0.565. The van der Waals surface area contributed by atoms with Crippen molar-refractivity contribution in [2.75, 3.05) is 56.5 Å². The Morgan fingerprint density at radius 3 is 2.73 bits per heavy atom. The third-order valence-corrected chi connectivity index (χ3v) is 7.33. The Morgan fingerprint density at radius 1 is 1.15 bits per heavy atom. The summed E-state index contributed by atoms with van der Waals surface area (Å²) in [5.74, 6) is 2.25. The minimum atomic E-state index is 0.101. The molecule has 5 heterocycles. The lowest BCUT2D eigenvalue weighted by atomic mass is 9.98. The van der Waals surface area contributed by atoms with Crippen LogP contribution in [0.15, 0.2) is 30.7 Å². The molecule has 1 N–H and O–H groups in total. The van der Waals surface area contributed by atoms with E-state index in [1.54, 1.807) is 10.9 Å². The van der Waals surface area contributed by atoms with Gasteiger partial charge >= 0.3 is 0 Å². The molecule has 0 aromatic carbocycles. The van der Waals surface area contributed by atoms with Crippen LogP contribution in [0.25, 0.3) is 5.65 Å². The summed E-state index contributed by atoms with van der Waals surface area (Å²) >= 11 is 0. The smallest absolute Gasteiger partial charge is 0.247 e. The number of aromatic nitrogens is 5. The topological polar surface area (TPSA) is 86.8 Å². The van der Waals surface area contributed by atoms with Gasteiger partial charge in [-0.1, -0.05) is 0 Å². The van der Waals surface area contributed by atoms with Crippen molar-refractivity contribution in [3.8, 4) is 0 Å². The molecule has 3 fully saturated rings. The van der Waals surface area contributed by atoms with Crippen LogP contribution in [0, 0.1) is 11.8 Å². The van der Waals surface area contributed by atoms with E-state index < -0.39 is 0 Å². The lowest BCUT2D eigenvalue weighted by Gasteiger charge is -2.33. The van der Waals surface area contributed by atoms with Gasteiger partial charge in [0.2, 0.25) is 11.9 Å². The molecule has 1 amide bonds. The van der Waals surface area contributed by atoms with Crippen LogP contribution in [0.5, 0.6) is 0 Å². The molecule has 33 heavy (non-hydrogen) atoms. The minimum absolute atomic E-state index is 0.101. The molecule has 174 valence electrons. The molecule has 0 radical (unpaired) electrons. The highest BCUT2D eigenvalue weighted by Crippen LogP contribution is 2.39. The van der Waals surface area contributed by atoms with E-state index in [1.165, 1.54) is 19.3 Å². The number of hydrogen-bond donors (Lipinski definition) is 1. The highest BCUT2D eigenvalue weighted by Gasteiger charge is 2.33. The van der Waals surface area contributed by atoms with Gasteiger partial charge in [-0.05, 0) is 50.3 Å². The van der Waals surface area contributed by atoms with Crippen molar-refractivity contribution in [1.82, 2.24) is 34.2 Å². The van der Waals surface area contributed by atoms with Crippen LogP contribution in [0.2, 0.25) is 0 Å². The summed E-state index contributed by atoms with van der Waals surface area (Å²) in [5.41, 5.74) is 2.80. The number of pyridine rings is 1. The number of nitrogens with zero attached hydrogens (tertiary/aromatic N) is 8. The molecule has 1 aliphatic carbocycles. The molecule has 2 aliphatic heterocycles. The maximum atomic E-state index is 12.6. The number of carbonyl (C=O) groups is 1. The van der Waals surface area contributed by atoms with Crippen LogP contribution >= 0.6 is 0 Å². The van der Waals surface area contributed by atoms with Gasteiger partial charge < -0.3 is 20.0 Å². The fourth-order valence-corrected chi connectivity index (χ4v) is 5.53. The van der Waals surface area contributed by atoms with E-state index >= 15 is 0 Å². The number of piperidine rings is 1. The molecule has 3 aromatic rings. The molecule has 3 aromatic heterocycles. The highest BCUT2D eigenvalue weighted by atomic mass is 16.2. The number of likely N-dealkylation sites (N-methyl/N-ethyl adjacent to an activating group) is 1. The first-order valence-electron chi connectivity index (χ1n) is 12.0. The minimum Gasteiger partial charge on any atom is -0.368 e. The molecule has 2 bridgehead atoms. The van der Waals surface area contributed by atoms with Crippen LogP contribution in [0.4, 0.5) is 17.3 Å². The molecule has 0 spiro atoms. The summed E-state index contributed by atoms with van der Waals surface area (Å²) in [4.78, 5) is 24.0. The molecular weight excluding hydrogens is 418 g/mol. The van der Waals surface area contributed by atoms with Gasteiger partial charge in [0.1, 0.15) is 6.54 Å². The van der Waals surface area contributed by atoms with Gasteiger partial charge in [-0.2, -0.15) is 10.1 Å². The van der Waals surface area contributed by atoms with Crippen molar-refractivity contribution in [1.29, 1.82) is 0 Å². The predicted molar refractivity (Wildman–Crippen MR) is 126 cm³/mol. The Kier molecular flexibility index (Phi) is 5.17. The molecule has 2 atom stereocenters. The molecule has 2 unspecified atom stereocenters. The Bertz CT molecular complexity index is 1130. The summed E-state index contributed by atoms with van der Waals surface area (Å²) in [5, 5.41) is 12.2. The number of piperazine rings is 1. The summed E-state index contributed by atoms with van der Waals surface area (Å²) in [6.07, 6.45) is 9.57. The lowest BCUT2D eigenvalue weighted by molar-refractivity contribution is -0.133. The Hall–Kier alpha value is -3.14. The van der Waals surface area contributed by atoms with E-state index in [0.717, 1.165) is 68.1 Å². The molecule has 2 saturated heterocycles. The summed E-state index contributed by atoms with van der Waals surface area (Å²) in [6.45, 7) is 5.84. The summed E-state index contributed by atoms with van der Waals surface area (Å²) < 4.78 is 3.52. The highest BCUT2D eigenvalue weighted by molar-refractivity contribution is 5.76. The monoisotopic (exact) mass is 449 g/mol. The average molecular weight is 450 g/mol. The van der Waals surface area contributed by atoms with Crippen molar-refractivity contribution in [3.63, 3.8) is 0 Å². The molecule has 6 rings (SSSR count). The first-order valence-corrected chi connectivity index (χ1v) is 12.0. The number of fused-ring (bicyclic) bond motifs is 3. The lowest BCUT2D eigenvalue weighted by Crippen LogP contribution is -2.48. The second-order valence-electron chi connectivity index (χ2n) is 9.78. The van der Waals surface area contributed by atoms with E-state index in [4.69, 9.17) is 4.98 Å². The van der Waals surface area contributed by atoms with Gasteiger partial charge in [0.15, 0.2) is 5.65 Å². The van der Waals surface area contributed by atoms with Crippen LogP contribution in [-0.4, -0.2) is 86.4 Å². The predicted octanol–water partition coefficient (Wildman–Crippen LogP) is 1.68. The van der Waals surface area contributed by atoms with Crippen LogP contribution in [0.1, 0.15) is 19.3 Å². The van der Waals surface area contributed by atoms with Gasteiger partial charge in [0, 0.05) is 51.7 Å². The van der Waals surface area contributed by atoms with Crippen molar-refractivity contribution in [3.05, 3.63) is 30.7 Å². The number of hydrogen-bond acceptors (Lipinski definition) is 7. The zero-order chi connectivity index (χ0) is 22.4. The number of nitrogens with one attached hydrogen (secondary N) is 1. The van der Waals surface area contributed by atoms with Crippen molar-refractivity contribution >= 4 is 28.9 Å². The van der Waals surface area contributed by atoms with Gasteiger partial charge in [-0.25, -0.2) is 4.52 Å². The number of rotatable bonds is 5. The zero-order valence-electron chi connectivity index (χ0n) is 19.1. The number of anilines is 3. The molecule has 3 aliphatic rings. The Labute approximate surface area is 193 Å². The maximum Gasteiger partial charge on any atom is 0.247 e. The van der Waals surface area contributed by atoms with E-state index in [2.05, 4.69) is 38.4 Å². The number of carbonyl (C=O) groups excluding carboxylic acids is 1. The standard InChI is InChI=1S/C23H31N9O/c1-28-7-9-29(10-8-28)21(33)16-31-15-19(12-24-31)25-23-26-22-20(3-2-6-32(22)27-23)30-13-17-4-5-18(11-17)14-30/h2-3,6,12,15,17-18H,4-5,7-11,13-14,16H2,1H3,(H,25,27). The quantitative estimate of drug-likeness (QED) is 0.634. The van der Waals surface area contributed by atoms with Crippen LogP contribution in [0.3, 0.4) is 0 Å². The molecule has 10 nitrogen and oxygen atoms in total. The Balaban J connectivity index is 1.14. The third kappa shape index (κ3) is 4.15. The molecular formula is C23H31N9O. The van der Waals surface area contributed by atoms with E-state index in [1.807, 2.05) is 27.9 Å². The molecule has 10 heteroatoms. The third-order valence-electron chi connectivity index (χ3n) is 7.33. The normalized spacial score (nSPS) is 23.4. The summed E-state index contributed by atoms with van der Waals surface area (Å²) in [6, 6.07) is 4.19. The first kappa shape index (κ1) is 20.5. The molecule has 1 saturated carbocycles. The van der Waals surface area contributed by atoms with Gasteiger partial charge in [0.05, 0.1) is 17.6 Å². The Morgan fingerprint density at radius 2 is 1.94 bits per heavy atom. The van der Waals surface area contributed by atoms with Crippen LogP contribution in [-0.2, 0) is 11.3 Å². The largest absolute Gasteiger partial charge is 0.368 e. The second kappa shape index (κ2) is 8.33. The van der Waals surface area contributed by atoms with Crippen molar-refractivity contribution in [2.24, 2.45) is 11.8 Å². The van der Waals surface area contributed by atoms with E-state index in [9.17, 15) is 4.79 Å². The van der Waals surface area contributed by atoms with Crippen LogP contribution < -0.4 is 10.2 Å². The SMILES string of the molecule is CN1CCN(C(=O)Cn2cc(Nc3nc4c(N5CC6CCC(C6)C5)cccn4n3)cn2)CC1. The second-order valence-corrected chi connectivity index (χ2v) is 9.78. The van der Waals surface area contributed by atoms with Gasteiger partial charge in [0.25, 0.3) is 0 Å². The van der Waals surface area contributed by atoms with Gasteiger partial charge in [-0.15, -0.1) is 5.10 Å². The van der Waals surface area contributed by atoms with Crippen molar-refractivity contribution in [2.45, 2.75) is 25.8 Å². The maximum absolute atomic E-state index is 12.6. The fourth-order valence-electron chi connectivity index (χ4n) is 5.53. The van der Waals surface area contributed by atoms with E-state index in [-0.39, 0.29) is 12.5 Å². The van der Waals surface area contributed by atoms with E-state index in [0.29, 0.717) is 5.95 Å². The first-order chi connectivity index (χ1) is 16.1. The zero-order valence-corrected chi connectivity index (χ0v) is 19.1. The van der Waals surface area contributed by atoms with Gasteiger partial charge in [-0.3, -0.25) is 9.48 Å².